The quantitative estimate of drug-likeness (QED) is 0.309. The van der Waals surface area contributed by atoms with E-state index in [9.17, 15) is 19.7 Å². The summed E-state index contributed by atoms with van der Waals surface area (Å²) in [6.07, 6.45) is 6.12. The van der Waals surface area contributed by atoms with Crippen LogP contribution in [0.5, 0.6) is 0 Å². The lowest BCUT2D eigenvalue weighted by molar-refractivity contribution is -0.385. The van der Waals surface area contributed by atoms with Crippen molar-refractivity contribution in [2.45, 2.75) is 19.3 Å². The smallest absolute Gasteiger partial charge is 0.309 e. The van der Waals surface area contributed by atoms with Crippen molar-refractivity contribution in [2.24, 2.45) is 5.92 Å². The lowest BCUT2D eigenvalue weighted by atomic mass is 9.95. The number of ether oxygens (including phenoxy) is 1. The van der Waals surface area contributed by atoms with Gasteiger partial charge in [-0.05, 0) is 51.1 Å². The highest BCUT2D eigenvalue weighted by molar-refractivity contribution is 9.11. The number of carbonyl (C=O) groups excluding carboxylic acids is 2. The van der Waals surface area contributed by atoms with Crippen LogP contribution in [0, 0.1) is 16.0 Å². The van der Waals surface area contributed by atoms with Gasteiger partial charge in [0.1, 0.15) is 0 Å². The number of nitrogens with one attached hydrogen (secondary N) is 1. The van der Waals surface area contributed by atoms with Gasteiger partial charge in [0.2, 0.25) is 0 Å². The van der Waals surface area contributed by atoms with E-state index in [2.05, 4.69) is 37.2 Å². The third kappa shape index (κ3) is 4.88. The molecule has 0 saturated heterocycles. The Labute approximate surface area is 154 Å². The molecule has 1 unspecified atom stereocenters. The van der Waals surface area contributed by atoms with Crippen LogP contribution in [-0.2, 0) is 14.3 Å². The highest BCUT2D eigenvalue weighted by Gasteiger charge is 2.22. The summed E-state index contributed by atoms with van der Waals surface area (Å²) in [5.74, 6) is -1.12. The van der Waals surface area contributed by atoms with Gasteiger partial charge >= 0.3 is 5.97 Å². The molecule has 7 nitrogen and oxygen atoms in total. The number of nitrogens with zero attached hydrogens (tertiary/aromatic N) is 1. The first-order valence-corrected chi connectivity index (χ1v) is 8.72. The lowest BCUT2D eigenvalue weighted by Gasteiger charge is -2.16. The standard InChI is InChI=1S/C15H14Br2N2O5/c16-11-6-10(19(22)23)7-12(17)14(11)18-13(20)8-24-15(21)9-4-2-1-3-5-9/h1-2,6-7,9H,3-5,8H2,(H,18,20). The fourth-order valence-electron chi connectivity index (χ4n) is 2.22. The molecule has 0 bridgehead atoms. The molecule has 0 heterocycles. The van der Waals surface area contributed by atoms with Gasteiger partial charge in [-0.3, -0.25) is 19.7 Å². The van der Waals surface area contributed by atoms with Gasteiger partial charge in [-0.15, -0.1) is 0 Å². The van der Waals surface area contributed by atoms with E-state index in [0.29, 0.717) is 21.1 Å². The highest BCUT2D eigenvalue weighted by Crippen LogP contribution is 2.35. The largest absolute Gasteiger partial charge is 0.455 e. The first-order chi connectivity index (χ1) is 11.4. The Morgan fingerprint density at radius 1 is 1.29 bits per heavy atom. The van der Waals surface area contributed by atoms with Gasteiger partial charge in [0.15, 0.2) is 6.61 Å². The van der Waals surface area contributed by atoms with Crippen molar-refractivity contribution in [3.8, 4) is 0 Å². The molecule has 24 heavy (non-hydrogen) atoms. The van der Waals surface area contributed by atoms with Crippen molar-refractivity contribution in [1.82, 2.24) is 0 Å². The summed E-state index contributed by atoms with van der Waals surface area (Å²) in [4.78, 5) is 34.1. The Balaban J connectivity index is 1.94. The molecule has 128 valence electrons. The van der Waals surface area contributed by atoms with Gasteiger partial charge in [0.05, 0.1) is 16.5 Å². The average Bonchev–Trinajstić information content (AvgIpc) is 2.56. The van der Waals surface area contributed by atoms with E-state index in [4.69, 9.17) is 4.74 Å². The summed E-state index contributed by atoms with van der Waals surface area (Å²) >= 11 is 6.35. The topological polar surface area (TPSA) is 98.5 Å². The molecule has 0 spiro atoms. The highest BCUT2D eigenvalue weighted by atomic mass is 79.9. The number of amides is 1. The fourth-order valence-corrected chi connectivity index (χ4v) is 3.58. The zero-order chi connectivity index (χ0) is 17.7. The first kappa shape index (κ1) is 18.6. The summed E-state index contributed by atoms with van der Waals surface area (Å²) in [7, 11) is 0. The summed E-state index contributed by atoms with van der Waals surface area (Å²) in [6, 6.07) is 2.56. The Kier molecular flexibility index (Phi) is 6.50. The summed E-state index contributed by atoms with van der Waals surface area (Å²) in [6.45, 7) is -0.408. The number of allylic oxidation sites excluding steroid dienone is 2. The molecule has 0 aliphatic heterocycles. The molecule has 0 aromatic heterocycles. The van der Waals surface area contributed by atoms with Gasteiger partial charge in [-0.2, -0.15) is 0 Å². The number of nitro groups is 1. The molecule has 1 N–H and O–H groups in total. The maximum Gasteiger partial charge on any atom is 0.309 e. The number of halogens is 2. The number of nitro benzene ring substituents is 1. The molecule has 1 aliphatic rings. The van der Waals surface area contributed by atoms with Crippen LogP contribution in [0.25, 0.3) is 0 Å². The van der Waals surface area contributed by atoms with E-state index >= 15 is 0 Å². The van der Waals surface area contributed by atoms with Crippen LogP contribution in [0.15, 0.2) is 33.2 Å². The van der Waals surface area contributed by atoms with Crippen LogP contribution >= 0.6 is 31.9 Å². The van der Waals surface area contributed by atoms with Crippen LogP contribution in [0.3, 0.4) is 0 Å². The minimum absolute atomic E-state index is 0.122. The van der Waals surface area contributed by atoms with Crippen molar-refractivity contribution in [3.63, 3.8) is 0 Å². The predicted molar refractivity (Wildman–Crippen MR) is 94.6 cm³/mol. The van der Waals surface area contributed by atoms with Gasteiger partial charge in [0, 0.05) is 21.1 Å². The first-order valence-electron chi connectivity index (χ1n) is 7.13. The minimum Gasteiger partial charge on any atom is -0.455 e. The number of rotatable bonds is 5. The maximum atomic E-state index is 11.9. The minimum atomic E-state index is -0.540. The molecule has 0 saturated carbocycles. The molecule has 2 rings (SSSR count). The maximum absolute atomic E-state index is 11.9. The zero-order valence-electron chi connectivity index (χ0n) is 12.5. The molecule has 9 heteroatoms. The lowest BCUT2D eigenvalue weighted by Crippen LogP contribution is -2.25. The Morgan fingerprint density at radius 3 is 2.50 bits per heavy atom. The molecule has 0 radical (unpaired) electrons. The van der Waals surface area contributed by atoms with Gasteiger partial charge < -0.3 is 10.1 Å². The Bertz CT molecular complexity index is 682. The monoisotopic (exact) mass is 460 g/mol. The van der Waals surface area contributed by atoms with Crippen LogP contribution in [-0.4, -0.2) is 23.4 Å². The molecule has 1 aromatic carbocycles. The predicted octanol–water partition coefficient (Wildman–Crippen LogP) is 3.96. The van der Waals surface area contributed by atoms with E-state index in [1.807, 2.05) is 12.2 Å². The Morgan fingerprint density at radius 2 is 1.96 bits per heavy atom. The third-order valence-corrected chi connectivity index (χ3v) is 4.70. The van der Waals surface area contributed by atoms with E-state index < -0.39 is 23.4 Å². The average molecular weight is 462 g/mol. The molecular weight excluding hydrogens is 448 g/mol. The second-order valence-corrected chi connectivity index (χ2v) is 6.89. The van der Waals surface area contributed by atoms with Crippen molar-refractivity contribution in [1.29, 1.82) is 0 Å². The number of anilines is 1. The zero-order valence-corrected chi connectivity index (χ0v) is 15.6. The second-order valence-electron chi connectivity index (χ2n) is 5.18. The molecule has 1 aliphatic carbocycles. The van der Waals surface area contributed by atoms with E-state index in [1.54, 1.807) is 0 Å². The molecule has 0 fully saturated rings. The third-order valence-electron chi connectivity index (χ3n) is 3.45. The SMILES string of the molecule is O=C(COC(=O)C1CC=CCC1)Nc1c(Br)cc([N+](=O)[O-])cc1Br. The van der Waals surface area contributed by atoms with Crippen LogP contribution in [0.2, 0.25) is 0 Å². The van der Waals surface area contributed by atoms with Crippen molar-refractivity contribution >= 4 is 55.1 Å². The van der Waals surface area contributed by atoms with Crippen molar-refractivity contribution in [3.05, 3.63) is 43.3 Å². The molecular formula is C15H14Br2N2O5. The number of benzene rings is 1. The van der Waals surface area contributed by atoms with Gasteiger partial charge in [-0.1, -0.05) is 12.2 Å². The fraction of sp³-hybridized carbons (Fsp3) is 0.333. The number of non-ortho nitro benzene ring substituents is 1. The van der Waals surface area contributed by atoms with Crippen molar-refractivity contribution in [2.75, 3.05) is 11.9 Å². The van der Waals surface area contributed by atoms with Gasteiger partial charge in [0.25, 0.3) is 11.6 Å². The normalized spacial score (nSPS) is 16.5. The van der Waals surface area contributed by atoms with E-state index in [1.165, 1.54) is 12.1 Å². The number of esters is 1. The second kappa shape index (κ2) is 8.39. The molecule has 1 amide bonds. The van der Waals surface area contributed by atoms with Crippen LogP contribution < -0.4 is 5.32 Å². The van der Waals surface area contributed by atoms with Crippen LogP contribution in [0.1, 0.15) is 19.3 Å². The number of hydrogen-bond acceptors (Lipinski definition) is 5. The summed E-state index contributed by atoms with van der Waals surface area (Å²) < 4.78 is 5.73. The number of carbonyl (C=O) groups is 2. The van der Waals surface area contributed by atoms with Gasteiger partial charge in [-0.25, -0.2) is 0 Å². The van der Waals surface area contributed by atoms with E-state index in [-0.39, 0.29) is 11.6 Å². The number of hydrogen-bond donors (Lipinski definition) is 1. The molecule has 1 aromatic rings. The summed E-state index contributed by atoms with van der Waals surface area (Å²) in [5, 5.41) is 13.3. The van der Waals surface area contributed by atoms with Crippen LogP contribution in [0.4, 0.5) is 11.4 Å². The van der Waals surface area contributed by atoms with E-state index in [0.717, 1.165) is 12.8 Å². The summed E-state index contributed by atoms with van der Waals surface area (Å²) in [5.41, 5.74) is 0.214. The van der Waals surface area contributed by atoms with Crippen molar-refractivity contribution < 1.29 is 19.2 Å². The Hall–Kier alpha value is -1.74. The molecule has 1 atom stereocenters.